The number of hydrogen-bond donors (Lipinski definition) is 1. The summed E-state index contributed by atoms with van der Waals surface area (Å²) in [4.78, 5) is 38.9. The fraction of sp³-hybridized carbons (Fsp3) is 0.870. The Hall–Kier alpha value is -1.83. The highest BCUT2D eigenvalue weighted by Gasteiger charge is 2.44. The molecule has 0 aromatic carbocycles. The molecule has 0 radical (unpaired) electrons. The highest BCUT2D eigenvalue weighted by atomic mass is 16.6. The first-order valence-electron chi connectivity index (χ1n) is 10.9. The van der Waals surface area contributed by atoms with E-state index in [1.165, 1.54) is 0 Å². The van der Waals surface area contributed by atoms with Crippen LogP contribution in [0.3, 0.4) is 0 Å². The quantitative estimate of drug-likeness (QED) is 0.509. The lowest BCUT2D eigenvalue weighted by molar-refractivity contribution is -0.172. The number of piperidine rings is 1. The first-order valence-corrected chi connectivity index (χ1v) is 10.9. The van der Waals surface area contributed by atoms with Gasteiger partial charge >= 0.3 is 18.0 Å². The zero-order valence-corrected chi connectivity index (χ0v) is 20.7. The van der Waals surface area contributed by atoms with Gasteiger partial charge in [-0.3, -0.25) is 9.59 Å². The van der Waals surface area contributed by atoms with Crippen molar-refractivity contribution >= 4 is 18.0 Å². The highest BCUT2D eigenvalue weighted by Crippen LogP contribution is 2.36. The summed E-state index contributed by atoms with van der Waals surface area (Å²) in [6, 6.07) is 0. The number of ether oxygens (including phenoxy) is 3. The topological polar surface area (TPSA) is 102 Å². The Morgan fingerprint density at radius 2 is 1.10 bits per heavy atom. The maximum atomic E-state index is 12.5. The van der Waals surface area contributed by atoms with Crippen LogP contribution in [0.5, 0.6) is 0 Å². The average molecular weight is 444 g/mol. The second kappa shape index (κ2) is 9.76. The van der Waals surface area contributed by atoms with Gasteiger partial charge in [0.25, 0.3) is 0 Å². The molecule has 0 atom stereocenters. The predicted octanol–water partition coefficient (Wildman–Crippen LogP) is 3.83. The SMILES string of the molecule is CC(C)(C)OC(=O)CC(O)(CC(=O)OC(C)(C)C)C1CCN(C(=O)OC(C)(C)C)CC1. The molecule has 1 amide bonds. The van der Waals surface area contributed by atoms with Gasteiger partial charge in [-0.15, -0.1) is 0 Å². The van der Waals surface area contributed by atoms with Gasteiger partial charge in [0, 0.05) is 13.1 Å². The molecule has 31 heavy (non-hydrogen) atoms. The molecule has 180 valence electrons. The van der Waals surface area contributed by atoms with Gasteiger partial charge in [0.15, 0.2) is 0 Å². The lowest BCUT2D eigenvalue weighted by Gasteiger charge is -2.41. The molecule has 0 aromatic heterocycles. The number of amides is 1. The number of carbonyl (C=O) groups is 3. The molecule has 0 bridgehead atoms. The molecule has 1 saturated heterocycles. The molecule has 0 unspecified atom stereocenters. The highest BCUT2D eigenvalue weighted by molar-refractivity contribution is 5.75. The molecular formula is C23H41NO7. The molecule has 8 heteroatoms. The first kappa shape index (κ1) is 27.2. The maximum absolute atomic E-state index is 12.5. The maximum Gasteiger partial charge on any atom is 0.410 e. The number of esters is 2. The second-order valence-corrected chi connectivity index (χ2v) is 11.4. The predicted molar refractivity (Wildman–Crippen MR) is 116 cm³/mol. The van der Waals surface area contributed by atoms with E-state index in [0.717, 1.165) is 0 Å². The van der Waals surface area contributed by atoms with Crippen LogP contribution in [0.15, 0.2) is 0 Å². The van der Waals surface area contributed by atoms with Gasteiger partial charge in [-0.1, -0.05) is 0 Å². The van der Waals surface area contributed by atoms with E-state index in [0.29, 0.717) is 25.9 Å². The van der Waals surface area contributed by atoms with Crippen LogP contribution in [0.4, 0.5) is 4.79 Å². The fourth-order valence-electron chi connectivity index (χ4n) is 3.53. The third-order valence-electron chi connectivity index (χ3n) is 4.65. The Balaban J connectivity index is 2.92. The van der Waals surface area contributed by atoms with E-state index in [1.807, 2.05) is 0 Å². The molecule has 0 aliphatic carbocycles. The minimum Gasteiger partial charge on any atom is -0.460 e. The van der Waals surface area contributed by atoms with Crippen LogP contribution in [-0.4, -0.2) is 63.5 Å². The summed E-state index contributed by atoms with van der Waals surface area (Å²) in [6.45, 7) is 16.6. The third-order valence-corrected chi connectivity index (χ3v) is 4.65. The van der Waals surface area contributed by atoms with Gasteiger partial charge in [0.2, 0.25) is 0 Å². The van der Waals surface area contributed by atoms with Crippen LogP contribution in [0.1, 0.15) is 88.0 Å². The molecule has 0 saturated carbocycles. The van der Waals surface area contributed by atoms with Crippen molar-refractivity contribution in [1.82, 2.24) is 4.90 Å². The van der Waals surface area contributed by atoms with Crippen molar-refractivity contribution in [3.05, 3.63) is 0 Å². The van der Waals surface area contributed by atoms with Crippen molar-refractivity contribution in [1.29, 1.82) is 0 Å². The van der Waals surface area contributed by atoms with E-state index < -0.39 is 40.4 Å². The van der Waals surface area contributed by atoms with Crippen molar-refractivity contribution in [2.45, 2.75) is 110 Å². The molecule has 1 aliphatic rings. The van der Waals surface area contributed by atoms with Crippen LogP contribution < -0.4 is 0 Å². The fourth-order valence-corrected chi connectivity index (χ4v) is 3.53. The van der Waals surface area contributed by atoms with E-state index in [1.54, 1.807) is 67.2 Å². The summed E-state index contributed by atoms with van der Waals surface area (Å²) in [6.07, 6.45) is -0.182. The Morgan fingerprint density at radius 3 is 1.42 bits per heavy atom. The summed E-state index contributed by atoms with van der Waals surface area (Å²) >= 11 is 0. The molecule has 1 aliphatic heterocycles. The number of hydrogen-bond acceptors (Lipinski definition) is 7. The Labute approximate surface area is 186 Å². The minimum atomic E-state index is -1.62. The summed E-state index contributed by atoms with van der Waals surface area (Å²) in [5.74, 6) is -1.52. The van der Waals surface area contributed by atoms with Gasteiger partial charge in [0.05, 0.1) is 18.4 Å². The molecule has 1 fully saturated rings. The average Bonchev–Trinajstić information content (AvgIpc) is 2.49. The molecular weight excluding hydrogens is 402 g/mol. The number of rotatable bonds is 5. The third kappa shape index (κ3) is 10.4. The molecule has 0 spiro atoms. The number of carbonyl (C=O) groups excluding carboxylic acids is 3. The van der Waals surface area contributed by atoms with Crippen LogP contribution in [0.2, 0.25) is 0 Å². The van der Waals surface area contributed by atoms with Gasteiger partial charge in [0.1, 0.15) is 16.8 Å². The van der Waals surface area contributed by atoms with Crippen molar-refractivity contribution in [3.63, 3.8) is 0 Å². The van der Waals surface area contributed by atoms with Gasteiger partial charge < -0.3 is 24.2 Å². The zero-order chi connectivity index (χ0) is 24.3. The van der Waals surface area contributed by atoms with Crippen LogP contribution in [0.25, 0.3) is 0 Å². The van der Waals surface area contributed by atoms with Gasteiger partial charge in [-0.25, -0.2) is 4.79 Å². The Kier molecular flexibility index (Phi) is 8.56. The first-order chi connectivity index (χ1) is 13.8. The largest absolute Gasteiger partial charge is 0.460 e. The van der Waals surface area contributed by atoms with Crippen molar-refractivity contribution in [2.75, 3.05) is 13.1 Å². The normalized spacial score (nSPS) is 16.6. The number of nitrogens with zero attached hydrogens (tertiary/aromatic N) is 1. The van der Waals surface area contributed by atoms with E-state index >= 15 is 0 Å². The second-order valence-electron chi connectivity index (χ2n) is 11.4. The monoisotopic (exact) mass is 443 g/mol. The lowest BCUT2D eigenvalue weighted by Crippen LogP contribution is -2.50. The van der Waals surface area contributed by atoms with Crippen LogP contribution >= 0.6 is 0 Å². The van der Waals surface area contributed by atoms with Crippen molar-refractivity contribution < 1.29 is 33.7 Å². The van der Waals surface area contributed by atoms with E-state index in [-0.39, 0.29) is 18.8 Å². The smallest absolute Gasteiger partial charge is 0.410 e. The van der Waals surface area contributed by atoms with Gasteiger partial charge in [-0.05, 0) is 81.1 Å². The van der Waals surface area contributed by atoms with Crippen LogP contribution in [0, 0.1) is 5.92 Å². The summed E-state index contributed by atoms with van der Waals surface area (Å²) in [7, 11) is 0. The molecule has 1 N–H and O–H groups in total. The van der Waals surface area contributed by atoms with E-state index in [9.17, 15) is 19.5 Å². The van der Waals surface area contributed by atoms with Gasteiger partial charge in [-0.2, -0.15) is 0 Å². The van der Waals surface area contributed by atoms with E-state index in [2.05, 4.69) is 0 Å². The van der Waals surface area contributed by atoms with E-state index in [4.69, 9.17) is 14.2 Å². The Bertz CT molecular complexity index is 614. The lowest BCUT2D eigenvalue weighted by atomic mass is 9.76. The number of likely N-dealkylation sites (tertiary alicyclic amines) is 1. The van der Waals surface area contributed by atoms with Crippen LogP contribution in [-0.2, 0) is 23.8 Å². The summed E-state index contributed by atoms with van der Waals surface area (Å²) in [5.41, 5.74) is -3.62. The number of aliphatic hydroxyl groups is 1. The minimum absolute atomic E-state index is 0.319. The van der Waals surface area contributed by atoms with Crippen molar-refractivity contribution in [2.24, 2.45) is 5.92 Å². The zero-order valence-electron chi connectivity index (χ0n) is 20.7. The molecule has 8 nitrogen and oxygen atoms in total. The van der Waals surface area contributed by atoms with Crippen molar-refractivity contribution in [3.8, 4) is 0 Å². The molecule has 1 heterocycles. The summed E-state index contributed by atoms with van der Waals surface area (Å²) < 4.78 is 16.2. The summed E-state index contributed by atoms with van der Waals surface area (Å²) in [5, 5.41) is 11.4. The Morgan fingerprint density at radius 1 is 0.742 bits per heavy atom. The standard InChI is InChI=1S/C23H41NO7/c1-20(2,3)29-17(25)14-23(28,15-18(26)30-21(4,5)6)16-10-12-24(13-11-16)19(27)31-22(7,8)9/h16,28H,10-15H2,1-9H3. The molecule has 1 rings (SSSR count). The molecule has 0 aromatic rings.